The van der Waals surface area contributed by atoms with E-state index in [4.69, 9.17) is 6.64 Å². The molecular weight excluding hydrogens is 531 g/mol. The molecule has 0 N–H and O–H groups in total. The van der Waals surface area contributed by atoms with Gasteiger partial charge in [-0.1, -0.05) is 0 Å². The molecule has 0 radical (unpaired) electrons. The molecule has 0 amide bonds. The molecule has 1 heterocycles. The van der Waals surface area contributed by atoms with Gasteiger partial charge in [-0.25, -0.2) is 0 Å². The van der Waals surface area contributed by atoms with Crippen molar-refractivity contribution >= 4 is 40.5 Å². The quantitative estimate of drug-likeness (QED) is 0.285. The van der Waals surface area contributed by atoms with Crippen molar-refractivity contribution in [3.63, 3.8) is 0 Å². The molecule has 3 aromatic rings. The minimum atomic E-state index is -2.57. The van der Waals surface area contributed by atoms with Gasteiger partial charge in [0.25, 0.3) is 0 Å². The van der Waals surface area contributed by atoms with Crippen LogP contribution in [0.1, 0.15) is 79.8 Å². The van der Waals surface area contributed by atoms with Crippen molar-refractivity contribution in [2.45, 2.75) is 80.1 Å². The summed E-state index contributed by atoms with van der Waals surface area (Å²) in [4.78, 5) is 1.20. The third kappa shape index (κ3) is 8.20. The van der Waals surface area contributed by atoms with Gasteiger partial charge in [-0.15, -0.1) is 24.8 Å². The Bertz CT molecular complexity index is 1100. The van der Waals surface area contributed by atoms with Gasteiger partial charge in [-0.3, -0.25) is 0 Å². The van der Waals surface area contributed by atoms with Gasteiger partial charge in [0.2, 0.25) is 0 Å². The van der Waals surface area contributed by atoms with Crippen LogP contribution < -0.4 is 6.64 Å². The third-order valence-corrected chi connectivity index (χ3v) is 9.20. The van der Waals surface area contributed by atoms with Gasteiger partial charge in [-0.2, -0.15) is 0 Å². The molecule has 6 heteroatoms. The van der Waals surface area contributed by atoms with Crippen LogP contribution in [0, 0.1) is 27.7 Å². The summed E-state index contributed by atoms with van der Waals surface area (Å²) in [6.07, 6.45) is 0. The van der Waals surface area contributed by atoms with Crippen LogP contribution in [0.25, 0.3) is 0 Å². The first kappa shape index (κ1) is 31.9. The van der Waals surface area contributed by atoms with Gasteiger partial charge in [0, 0.05) is 0 Å². The smallest absolute Gasteiger partial charge is 0.147 e. The molecule has 1 aromatic heterocycles. The van der Waals surface area contributed by atoms with Crippen molar-refractivity contribution in [2.24, 2.45) is 0 Å². The van der Waals surface area contributed by atoms with E-state index in [0.29, 0.717) is 0 Å². The Morgan fingerprint density at radius 3 is 1.46 bits per heavy atom. The van der Waals surface area contributed by atoms with E-state index in [1.807, 2.05) is 0 Å². The summed E-state index contributed by atoms with van der Waals surface area (Å²) < 4.78 is 15.7. The van der Waals surface area contributed by atoms with Crippen LogP contribution in [0.15, 0.2) is 41.8 Å². The van der Waals surface area contributed by atoms with Crippen molar-refractivity contribution in [1.82, 2.24) is 0 Å². The van der Waals surface area contributed by atoms with Gasteiger partial charge < -0.3 is 0 Å². The van der Waals surface area contributed by atoms with Crippen molar-refractivity contribution in [2.75, 3.05) is 0 Å². The van der Waals surface area contributed by atoms with E-state index < -0.39 is 18.2 Å². The molecule has 2 aromatic carbocycles. The molecule has 0 spiro atoms. The molecule has 35 heavy (non-hydrogen) atoms. The summed E-state index contributed by atoms with van der Waals surface area (Å²) in [5, 5.41) is 2.10. The van der Waals surface area contributed by atoms with E-state index in [2.05, 4.69) is 115 Å². The Balaban J connectivity index is 0.00000306. The summed E-state index contributed by atoms with van der Waals surface area (Å²) in [6.45, 7) is 22.2. The zero-order valence-corrected chi connectivity index (χ0v) is 26.7. The molecule has 2 nitrogen and oxygen atoms in total. The molecule has 0 fully saturated rings. The number of aryl methyl sites for hydroxylation is 4. The molecule has 0 saturated heterocycles. The number of thiophene rings is 1. The van der Waals surface area contributed by atoms with Gasteiger partial charge in [0.05, 0.1) is 0 Å². The van der Waals surface area contributed by atoms with E-state index in [-0.39, 0.29) is 35.6 Å². The van der Waals surface area contributed by atoms with Crippen molar-refractivity contribution in [1.29, 1.82) is 0 Å². The average Bonchev–Trinajstić information content (AvgIpc) is 3.17. The molecule has 0 aliphatic rings. The monoisotopic (exact) mass is 570 g/mol. The number of hydrogen-bond acceptors (Lipinski definition) is 3. The largest absolute Gasteiger partial charge is 0.147 e. The topological polar surface area (TPSA) is 18.5 Å². The number of hydrogen-bond donors (Lipinski definition) is 0. The summed E-state index contributed by atoms with van der Waals surface area (Å²) >= 11 is -0.844. The van der Waals surface area contributed by atoms with E-state index in [1.54, 1.807) is 11.3 Å². The standard InChI is InChI=1S/2C12H18O.C5H4S.2ClH.Ti/c2*1-8-6-9(2)11(13)7-10(8)12(3,4)5;1-5-3-2-4-6-5;;;/h2*6-7,13H,1-5H3;1-4H;2*1H;/q;;;;;+2/p-2. The van der Waals surface area contributed by atoms with Gasteiger partial charge in [0.15, 0.2) is 0 Å². The SMILES string of the molecule is Cc1cc(C)c(C(C)(C)C)cc1[O][Ti](=[CH]c1cccs1)[O]c1cc(C(C)(C)C)c(C)cc1C.Cl.Cl. The summed E-state index contributed by atoms with van der Waals surface area (Å²) in [5.74, 6) is 1.88. The number of benzene rings is 2. The fraction of sp³-hybridized carbons (Fsp3) is 0.414. The van der Waals surface area contributed by atoms with Crippen LogP contribution in [0.2, 0.25) is 0 Å². The minimum absolute atomic E-state index is 0. The first-order valence-electron chi connectivity index (χ1n) is 11.6. The number of rotatable bonds is 5. The Morgan fingerprint density at radius 2 is 1.11 bits per heavy atom. The van der Waals surface area contributed by atoms with Crippen LogP contribution in [-0.2, 0) is 29.0 Å². The summed E-state index contributed by atoms with van der Waals surface area (Å²) in [5.41, 5.74) is 7.68. The van der Waals surface area contributed by atoms with Gasteiger partial charge in [-0.05, 0) is 0 Å². The van der Waals surface area contributed by atoms with Crippen LogP contribution in [0.5, 0.6) is 11.5 Å². The Kier molecular flexibility index (Phi) is 11.3. The van der Waals surface area contributed by atoms with E-state index in [0.717, 1.165) is 22.6 Å². The van der Waals surface area contributed by atoms with Crippen LogP contribution in [-0.4, -0.2) is 4.31 Å². The van der Waals surface area contributed by atoms with E-state index in [9.17, 15) is 0 Å². The second-order valence-electron chi connectivity index (χ2n) is 11.0. The Labute approximate surface area is 235 Å². The van der Waals surface area contributed by atoms with Crippen LogP contribution in [0.4, 0.5) is 0 Å². The molecular formula is C29H40Cl2O2STi. The maximum absolute atomic E-state index is 6.72. The molecule has 192 valence electrons. The first-order chi connectivity index (χ1) is 15.3. The van der Waals surface area contributed by atoms with Crippen molar-refractivity contribution < 1.29 is 24.8 Å². The fourth-order valence-corrected chi connectivity index (χ4v) is 7.67. The molecule has 0 saturated carbocycles. The maximum Gasteiger partial charge on any atom is -0.147 e. The third-order valence-electron chi connectivity index (χ3n) is 5.88. The minimum Gasteiger partial charge on any atom is -0.147 e. The molecule has 0 aliphatic heterocycles. The molecule has 3 rings (SSSR count). The molecule has 0 atom stereocenters. The fourth-order valence-electron chi connectivity index (χ4n) is 4.29. The number of halogens is 2. The van der Waals surface area contributed by atoms with E-state index >= 15 is 0 Å². The molecule has 0 bridgehead atoms. The Morgan fingerprint density at radius 1 is 0.686 bits per heavy atom. The summed E-state index contributed by atoms with van der Waals surface area (Å²) in [6, 6.07) is 13.2. The van der Waals surface area contributed by atoms with Crippen molar-refractivity contribution in [3.05, 3.63) is 80.0 Å². The second kappa shape index (κ2) is 12.4. The Hall–Kier alpha value is -1.10. The predicted molar refractivity (Wildman–Crippen MR) is 154 cm³/mol. The van der Waals surface area contributed by atoms with Gasteiger partial charge >= 0.3 is 212 Å². The van der Waals surface area contributed by atoms with Crippen LogP contribution in [0.3, 0.4) is 0 Å². The normalized spacial score (nSPS) is 11.3. The second-order valence-corrected chi connectivity index (χ2v) is 14.1. The van der Waals surface area contributed by atoms with Crippen LogP contribution >= 0.6 is 36.2 Å². The summed E-state index contributed by atoms with van der Waals surface area (Å²) in [7, 11) is 0. The maximum atomic E-state index is 6.72. The molecule has 0 aliphatic carbocycles. The zero-order chi connectivity index (χ0) is 24.6. The van der Waals surface area contributed by atoms with Crippen molar-refractivity contribution in [3.8, 4) is 11.5 Å². The first-order valence-corrected chi connectivity index (χ1v) is 14.7. The van der Waals surface area contributed by atoms with Gasteiger partial charge in [0.1, 0.15) is 0 Å². The predicted octanol–water partition coefficient (Wildman–Crippen LogP) is 9.18. The molecule has 0 unspecified atom stereocenters. The average molecular weight is 571 g/mol. The van der Waals surface area contributed by atoms with E-state index in [1.165, 1.54) is 27.1 Å². The zero-order valence-electron chi connectivity index (χ0n) is 22.7.